The third-order valence-electron chi connectivity index (χ3n) is 4.22. The van der Waals surface area contributed by atoms with E-state index in [4.69, 9.17) is 4.74 Å². The first kappa shape index (κ1) is 18.1. The van der Waals surface area contributed by atoms with Crippen molar-refractivity contribution in [3.05, 3.63) is 89.0 Å². The lowest BCUT2D eigenvalue weighted by Crippen LogP contribution is -2.15. The van der Waals surface area contributed by atoms with Gasteiger partial charge in [0.05, 0.1) is 10.2 Å². The van der Waals surface area contributed by atoms with Gasteiger partial charge in [0.25, 0.3) is 5.91 Å². The van der Waals surface area contributed by atoms with Crippen LogP contribution in [0.5, 0.6) is 11.5 Å². The third kappa shape index (κ3) is 3.73. The molecule has 0 aliphatic carbocycles. The van der Waals surface area contributed by atoms with Gasteiger partial charge in [-0.05, 0) is 55.5 Å². The summed E-state index contributed by atoms with van der Waals surface area (Å²) in [6.45, 7) is 2.60. The summed E-state index contributed by atoms with van der Waals surface area (Å²) >= 11 is 1.30. The maximum Gasteiger partial charge on any atom is 0.279 e. The summed E-state index contributed by atoms with van der Waals surface area (Å²) in [4.78, 5) is 17.6. The molecule has 0 spiro atoms. The fraction of sp³-hybridized carbons (Fsp3) is 0.0909. The van der Waals surface area contributed by atoms with Crippen LogP contribution in [0.1, 0.15) is 17.3 Å². The number of nitrogens with zero attached hydrogens (tertiary/aromatic N) is 2. The lowest BCUT2D eigenvalue weighted by molar-refractivity contribution is 0.0997. The summed E-state index contributed by atoms with van der Waals surface area (Å²) in [5.41, 5.74) is 1.29. The molecule has 0 aliphatic rings. The minimum absolute atomic E-state index is 0.305. The van der Waals surface area contributed by atoms with Crippen molar-refractivity contribution in [1.82, 2.24) is 4.57 Å². The highest BCUT2D eigenvalue weighted by molar-refractivity contribution is 7.16. The first-order valence-corrected chi connectivity index (χ1v) is 9.66. The van der Waals surface area contributed by atoms with E-state index < -0.39 is 0 Å². The molecular weight excluding hydrogens is 375 g/mol. The average Bonchev–Trinajstić information content (AvgIpc) is 3.04. The van der Waals surface area contributed by atoms with Crippen molar-refractivity contribution in [2.45, 2.75) is 13.5 Å². The van der Waals surface area contributed by atoms with Gasteiger partial charge in [0.2, 0.25) is 0 Å². The number of rotatable bonds is 4. The molecule has 140 valence electrons. The Morgan fingerprint density at radius 3 is 2.61 bits per heavy atom. The Morgan fingerprint density at radius 2 is 1.82 bits per heavy atom. The second kappa shape index (κ2) is 7.78. The van der Waals surface area contributed by atoms with Crippen LogP contribution in [0, 0.1) is 5.82 Å². The van der Waals surface area contributed by atoms with Crippen molar-refractivity contribution >= 4 is 27.5 Å². The zero-order valence-corrected chi connectivity index (χ0v) is 15.9. The van der Waals surface area contributed by atoms with Crippen LogP contribution >= 0.6 is 11.3 Å². The summed E-state index contributed by atoms with van der Waals surface area (Å²) in [5.74, 6) is 0.585. The topological polar surface area (TPSA) is 43.6 Å². The molecule has 4 aromatic rings. The minimum Gasteiger partial charge on any atom is -0.457 e. The fourth-order valence-corrected chi connectivity index (χ4v) is 4.02. The molecule has 4 nitrogen and oxygen atoms in total. The van der Waals surface area contributed by atoms with E-state index in [0.29, 0.717) is 28.4 Å². The number of hydrogen-bond donors (Lipinski definition) is 0. The van der Waals surface area contributed by atoms with Gasteiger partial charge in [-0.25, -0.2) is 4.39 Å². The van der Waals surface area contributed by atoms with Crippen molar-refractivity contribution in [1.29, 1.82) is 0 Å². The predicted octanol–water partition coefficient (Wildman–Crippen LogP) is 5.40. The summed E-state index contributed by atoms with van der Waals surface area (Å²) in [6, 6.07) is 20.9. The number of hydrogen-bond acceptors (Lipinski definition) is 3. The van der Waals surface area contributed by atoms with Crippen molar-refractivity contribution in [2.75, 3.05) is 0 Å². The number of carbonyl (C=O) groups excluding carboxylic acids is 1. The van der Waals surface area contributed by atoms with Gasteiger partial charge in [-0.3, -0.25) is 4.79 Å². The Bertz CT molecular complexity index is 1210. The van der Waals surface area contributed by atoms with E-state index in [0.717, 1.165) is 10.2 Å². The Hall–Kier alpha value is -3.25. The van der Waals surface area contributed by atoms with Crippen LogP contribution in [0.4, 0.5) is 4.39 Å². The van der Waals surface area contributed by atoms with E-state index in [1.54, 1.807) is 30.3 Å². The van der Waals surface area contributed by atoms with Gasteiger partial charge in [0.1, 0.15) is 17.3 Å². The summed E-state index contributed by atoms with van der Waals surface area (Å²) in [5, 5.41) is 0. The molecule has 0 N–H and O–H groups in total. The molecule has 4 rings (SSSR count). The molecule has 1 amide bonds. The average molecular weight is 392 g/mol. The minimum atomic E-state index is -0.368. The molecule has 0 aliphatic heterocycles. The van der Waals surface area contributed by atoms with Gasteiger partial charge in [-0.15, -0.1) is 0 Å². The van der Waals surface area contributed by atoms with Gasteiger partial charge in [-0.1, -0.05) is 35.6 Å². The highest BCUT2D eigenvalue weighted by Crippen LogP contribution is 2.22. The highest BCUT2D eigenvalue weighted by atomic mass is 32.1. The van der Waals surface area contributed by atoms with Crippen molar-refractivity contribution in [2.24, 2.45) is 4.99 Å². The Labute approximate surface area is 165 Å². The summed E-state index contributed by atoms with van der Waals surface area (Å²) < 4.78 is 22.0. The second-order valence-corrected chi connectivity index (χ2v) is 7.11. The van der Waals surface area contributed by atoms with Gasteiger partial charge < -0.3 is 9.30 Å². The number of amides is 1. The lowest BCUT2D eigenvalue weighted by atomic mass is 10.2. The van der Waals surface area contributed by atoms with Crippen LogP contribution in [0.3, 0.4) is 0 Å². The largest absolute Gasteiger partial charge is 0.457 e. The highest BCUT2D eigenvalue weighted by Gasteiger charge is 2.10. The molecule has 0 bridgehead atoms. The molecule has 0 atom stereocenters. The summed E-state index contributed by atoms with van der Waals surface area (Å²) in [6.07, 6.45) is 0. The monoisotopic (exact) mass is 392 g/mol. The zero-order chi connectivity index (χ0) is 19.5. The predicted molar refractivity (Wildman–Crippen MR) is 108 cm³/mol. The molecular formula is C22H17FN2O2S. The number of aryl methyl sites for hydroxylation is 1. The van der Waals surface area contributed by atoms with Crippen LogP contribution in [0.2, 0.25) is 0 Å². The molecule has 1 heterocycles. The molecule has 0 radical (unpaired) electrons. The van der Waals surface area contributed by atoms with E-state index in [1.807, 2.05) is 41.8 Å². The molecule has 6 heteroatoms. The van der Waals surface area contributed by atoms with E-state index in [9.17, 15) is 9.18 Å². The number of thiazole rings is 1. The molecule has 0 saturated heterocycles. The van der Waals surface area contributed by atoms with Crippen LogP contribution in [-0.2, 0) is 6.54 Å². The maximum absolute atomic E-state index is 13.5. The maximum atomic E-state index is 13.5. The molecule has 0 unspecified atom stereocenters. The summed E-state index contributed by atoms with van der Waals surface area (Å²) in [7, 11) is 0. The third-order valence-corrected chi connectivity index (χ3v) is 5.26. The van der Waals surface area contributed by atoms with Crippen LogP contribution in [0.25, 0.3) is 10.2 Å². The van der Waals surface area contributed by atoms with Crippen LogP contribution in [0.15, 0.2) is 77.8 Å². The van der Waals surface area contributed by atoms with Crippen molar-refractivity contribution in [3.63, 3.8) is 0 Å². The van der Waals surface area contributed by atoms with Gasteiger partial charge in [0, 0.05) is 12.1 Å². The number of aromatic nitrogens is 1. The first-order valence-electron chi connectivity index (χ1n) is 8.85. The van der Waals surface area contributed by atoms with Crippen molar-refractivity contribution < 1.29 is 13.9 Å². The first-order chi connectivity index (χ1) is 13.6. The Morgan fingerprint density at radius 1 is 1.04 bits per heavy atom. The normalized spacial score (nSPS) is 11.7. The van der Waals surface area contributed by atoms with Crippen LogP contribution in [-0.4, -0.2) is 10.5 Å². The standard InChI is InChI=1S/C22H17FN2O2S/c1-2-25-19-12-11-16(23)14-20(19)28-22(25)24-21(26)15-7-6-10-18(13-15)27-17-8-4-3-5-9-17/h3-14H,2H2,1H3. The molecule has 28 heavy (non-hydrogen) atoms. The van der Waals surface area contributed by atoms with Crippen LogP contribution < -0.4 is 9.54 Å². The SMILES string of the molecule is CCn1c(=NC(=O)c2cccc(Oc3ccccc3)c2)sc2cc(F)ccc21. The number of fused-ring (bicyclic) bond motifs is 1. The smallest absolute Gasteiger partial charge is 0.279 e. The van der Waals surface area contributed by atoms with E-state index in [2.05, 4.69) is 4.99 Å². The van der Waals surface area contributed by atoms with Gasteiger partial charge in [-0.2, -0.15) is 4.99 Å². The number of ether oxygens (including phenoxy) is 1. The van der Waals surface area contributed by atoms with Crippen molar-refractivity contribution in [3.8, 4) is 11.5 Å². The fourth-order valence-electron chi connectivity index (χ4n) is 2.91. The van der Waals surface area contributed by atoms with Gasteiger partial charge in [0.15, 0.2) is 4.80 Å². The molecule has 0 saturated carbocycles. The quantitative estimate of drug-likeness (QED) is 0.467. The molecule has 0 fully saturated rings. The lowest BCUT2D eigenvalue weighted by Gasteiger charge is -2.06. The van der Waals surface area contributed by atoms with E-state index in [1.165, 1.54) is 23.5 Å². The number of benzene rings is 3. The van der Waals surface area contributed by atoms with Gasteiger partial charge >= 0.3 is 0 Å². The van der Waals surface area contributed by atoms with E-state index >= 15 is 0 Å². The molecule has 1 aromatic heterocycles. The Balaban J connectivity index is 1.68. The molecule has 3 aromatic carbocycles. The number of carbonyl (C=O) groups is 1. The Kier molecular flexibility index (Phi) is 5.04. The second-order valence-electron chi connectivity index (χ2n) is 6.10. The number of halogens is 1. The zero-order valence-electron chi connectivity index (χ0n) is 15.1. The van der Waals surface area contributed by atoms with E-state index in [-0.39, 0.29) is 11.7 Å². The number of para-hydroxylation sites is 1.